The lowest BCUT2D eigenvalue weighted by atomic mass is 9.84. The van der Waals surface area contributed by atoms with Crippen LogP contribution >= 0.6 is 0 Å². The largest absolute Gasteiger partial charge is 0.469 e. The predicted molar refractivity (Wildman–Crippen MR) is 130 cm³/mol. The second kappa shape index (κ2) is 12.1. The van der Waals surface area contributed by atoms with Gasteiger partial charge in [-0.25, -0.2) is 4.79 Å². The molecule has 0 atom stereocenters. The van der Waals surface area contributed by atoms with Gasteiger partial charge in [0, 0.05) is 50.5 Å². The molecule has 0 bridgehead atoms. The molecule has 198 valence electrons. The number of carbonyl (C=O) groups excluding carboxylic acids is 4. The van der Waals surface area contributed by atoms with Crippen molar-refractivity contribution in [2.24, 2.45) is 17.8 Å². The number of hydrogen-bond donors (Lipinski definition) is 1. The van der Waals surface area contributed by atoms with E-state index in [0.717, 1.165) is 38.5 Å². The molecule has 9 heteroatoms. The third-order valence-electron chi connectivity index (χ3n) is 7.55. The van der Waals surface area contributed by atoms with Crippen LogP contribution < -0.4 is 5.32 Å². The Bertz CT molecular complexity index is 756. The molecule has 3 rings (SSSR count). The van der Waals surface area contributed by atoms with Gasteiger partial charge in [-0.2, -0.15) is 0 Å². The first kappa shape index (κ1) is 27.3. The summed E-state index contributed by atoms with van der Waals surface area (Å²) >= 11 is 0. The number of ether oxygens (including phenoxy) is 2. The number of likely N-dealkylation sites (tertiary alicyclic amines) is 2. The monoisotopic (exact) mass is 493 g/mol. The zero-order valence-electron chi connectivity index (χ0n) is 21.8. The summed E-state index contributed by atoms with van der Waals surface area (Å²) in [6.07, 6.45) is 6.32. The summed E-state index contributed by atoms with van der Waals surface area (Å²) in [5, 5.41) is 3.20. The normalized spacial score (nSPS) is 24.6. The van der Waals surface area contributed by atoms with Crippen LogP contribution in [0.25, 0.3) is 0 Å². The number of carbonyl (C=O) groups is 4. The van der Waals surface area contributed by atoms with Gasteiger partial charge < -0.3 is 24.6 Å². The van der Waals surface area contributed by atoms with E-state index in [1.54, 1.807) is 4.90 Å². The fraction of sp³-hybridized carbons (Fsp3) is 0.846. The first-order valence-corrected chi connectivity index (χ1v) is 13.2. The zero-order valence-corrected chi connectivity index (χ0v) is 21.8. The average Bonchev–Trinajstić information content (AvgIpc) is 2.83. The highest BCUT2D eigenvalue weighted by Crippen LogP contribution is 2.29. The summed E-state index contributed by atoms with van der Waals surface area (Å²) in [7, 11) is 1.41. The maximum atomic E-state index is 13.0. The molecule has 2 aliphatic heterocycles. The fourth-order valence-corrected chi connectivity index (χ4v) is 5.39. The third kappa shape index (κ3) is 8.10. The van der Waals surface area contributed by atoms with Gasteiger partial charge in [-0.15, -0.1) is 0 Å². The van der Waals surface area contributed by atoms with Gasteiger partial charge in [-0.05, 0) is 78.1 Å². The van der Waals surface area contributed by atoms with Gasteiger partial charge in [-0.3, -0.25) is 14.4 Å². The molecule has 0 radical (unpaired) electrons. The van der Waals surface area contributed by atoms with Crippen LogP contribution in [0.5, 0.6) is 0 Å². The molecule has 3 aliphatic rings. The lowest BCUT2D eigenvalue weighted by Gasteiger charge is -2.37. The van der Waals surface area contributed by atoms with Crippen molar-refractivity contribution in [2.45, 2.75) is 90.2 Å². The quantitative estimate of drug-likeness (QED) is 0.590. The number of piperidine rings is 2. The molecule has 1 aliphatic carbocycles. The standard InChI is InChI=1S/C26H43N3O6/c1-26(2,3)35-25(33)29-15-11-19(12-16-29)23(31)27-21-7-5-20(6-8-21)24(32)28-13-9-18(10-14-28)17-22(30)34-4/h18-21H,5-17H2,1-4H3,(H,27,31)/t20-,21-. The van der Waals surface area contributed by atoms with Crippen LogP contribution in [0.1, 0.15) is 78.6 Å². The third-order valence-corrected chi connectivity index (χ3v) is 7.55. The number of rotatable bonds is 5. The lowest BCUT2D eigenvalue weighted by Crippen LogP contribution is -2.48. The van der Waals surface area contributed by atoms with Gasteiger partial charge in [-0.1, -0.05) is 0 Å². The molecular weight excluding hydrogens is 450 g/mol. The average molecular weight is 494 g/mol. The molecule has 0 unspecified atom stereocenters. The first-order valence-electron chi connectivity index (χ1n) is 13.2. The number of amides is 3. The summed E-state index contributed by atoms with van der Waals surface area (Å²) in [5.74, 6) is 0.353. The van der Waals surface area contributed by atoms with Crippen molar-refractivity contribution >= 4 is 23.9 Å². The second-order valence-electron chi connectivity index (χ2n) is 11.3. The SMILES string of the molecule is COC(=O)CC1CCN(C(=O)[C@H]2CC[C@H](NC(=O)C3CCN(C(=O)OC(C)(C)C)CC3)CC2)CC1. The van der Waals surface area contributed by atoms with Crippen molar-refractivity contribution in [2.75, 3.05) is 33.3 Å². The lowest BCUT2D eigenvalue weighted by molar-refractivity contribution is -0.142. The van der Waals surface area contributed by atoms with E-state index in [9.17, 15) is 19.2 Å². The Morgan fingerprint density at radius 1 is 0.800 bits per heavy atom. The molecule has 3 fully saturated rings. The van der Waals surface area contributed by atoms with Gasteiger partial charge in [0.25, 0.3) is 0 Å². The molecule has 0 aromatic heterocycles. The summed E-state index contributed by atoms with van der Waals surface area (Å²) < 4.78 is 10.2. The van der Waals surface area contributed by atoms with E-state index in [4.69, 9.17) is 9.47 Å². The van der Waals surface area contributed by atoms with Crippen molar-refractivity contribution in [3.8, 4) is 0 Å². The summed E-state index contributed by atoms with van der Waals surface area (Å²) in [6, 6.07) is 0.112. The highest BCUT2D eigenvalue weighted by molar-refractivity contribution is 5.80. The van der Waals surface area contributed by atoms with Crippen LogP contribution in [-0.4, -0.2) is 78.6 Å². The van der Waals surface area contributed by atoms with E-state index in [1.807, 2.05) is 25.7 Å². The molecule has 35 heavy (non-hydrogen) atoms. The molecule has 2 heterocycles. The van der Waals surface area contributed by atoms with Gasteiger partial charge in [0.15, 0.2) is 0 Å². The number of esters is 1. The molecule has 9 nitrogen and oxygen atoms in total. The Kier molecular flexibility index (Phi) is 9.41. The van der Waals surface area contributed by atoms with Gasteiger partial charge >= 0.3 is 12.1 Å². The molecule has 1 N–H and O–H groups in total. The van der Waals surface area contributed by atoms with Gasteiger partial charge in [0.2, 0.25) is 11.8 Å². The Hall–Kier alpha value is -2.32. The van der Waals surface area contributed by atoms with Crippen molar-refractivity contribution in [1.29, 1.82) is 0 Å². The Morgan fingerprint density at radius 3 is 1.91 bits per heavy atom. The van der Waals surface area contributed by atoms with E-state index < -0.39 is 5.60 Å². The summed E-state index contributed by atoms with van der Waals surface area (Å²) in [6.45, 7) is 8.03. The number of nitrogens with one attached hydrogen (secondary N) is 1. The molecule has 3 amide bonds. The van der Waals surface area contributed by atoms with Crippen molar-refractivity contribution in [3.63, 3.8) is 0 Å². The van der Waals surface area contributed by atoms with Crippen molar-refractivity contribution in [1.82, 2.24) is 15.1 Å². The van der Waals surface area contributed by atoms with E-state index in [-0.39, 0.29) is 41.8 Å². The molecule has 0 aromatic rings. The van der Waals surface area contributed by atoms with E-state index >= 15 is 0 Å². The van der Waals surface area contributed by atoms with E-state index in [0.29, 0.717) is 51.4 Å². The maximum Gasteiger partial charge on any atom is 0.410 e. The van der Waals surface area contributed by atoms with Crippen molar-refractivity contribution in [3.05, 3.63) is 0 Å². The van der Waals surface area contributed by atoms with Crippen LogP contribution in [0.15, 0.2) is 0 Å². The molecule has 1 saturated carbocycles. The van der Waals surface area contributed by atoms with Crippen LogP contribution in [0.4, 0.5) is 4.79 Å². The molecule has 2 saturated heterocycles. The van der Waals surface area contributed by atoms with Crippen LogP contribution in [-0.2, 0) is 23.9 Å². The predicted octanol–water partition coefficient (Wildman–Crippen LogP) is 3.11. The summed E-state index contributed by atoms with van der Waals surface area (Å²) in [5.41, 5.74) is -0.521. The van der Waals surface area contributed by atoms with Crippen LogP contribution in [0.2, 0.25) is 0 Å². The minimum Gasteiger partial charge on any atom is -0.469 e. The minimum atomic E-state index is -0.521. The minimum absolute atomic E-state index is 0.0253. The Balaban J connectivity index is 1.35. The Morgan fingerprint density at radius 2 is 1.37 bits per heavy atom. The van der Waals surface area contributed by atoms with E-state index in [1.165, 1.54) is 7.11 Å². The maximum absolute atomic E-state index is 13.0. The first-order chi connectivity index (χ1) is 16.6. The van der Waals surface area contributed by atoms with Crippen LogP contribution in [0.3, 0.4) is 0 Å². The zero-order chi connectivity index (χ0) is 25.6. The highest BCUT2D eigenvalue weighted by atomic mass is 16.6. The van der Waals surface area contributed by atoms with Crippen molar-refractivity contribution < 1.29 is 28.7 Å². The summed E-state index contributed by atoms with van der Waals surface area (Å²) in [4.78, 5) is 53.2. The van der Waals surface area contributed by atoms with Gasteiger partial charge in [0.1, 0.15) is 5.60 Å². The Labute approximate surface area is 209 Å². The molecular formula is C26H43N3O6. The molecule has 0 spiro atoms. The second-order valence-corrected chi connectivity index (χ2v) is 11.3. The van der Waals surface area contributed by atoms with Gasteiger partial charge in [0.05, 0.1) is 7.11 Å². The number of methoxy groups -OCH3 is 1. The smallest absolute Gasteiger partial charge is 0.410 e. The van der Waals surface area contributed by atoms with Crippen LogP contribution in [0, 0.1) is 17.8 Å². The number of nitrogens with zero attached hydrogens (tertiary/aromatic N) is 2. The molecule has 0 aromatic carbocycles. The highest BCUT2D eigenvalue weighted by Gasteiger charge is 2.34. The number of hydrogen-bond acceptors (Lipinski definition) is 6. The fourth-order valence-electron chi connectivity index (χ4n) is 5.39. The topological polar surface area (TPSA) is 105 Å². The van der Waals surface area contributed by atoms with E-state index in [2.05, 4.69) is 5.32 Å².